The molecule has 120 valence electrons. The third kappa shape index (κ3) is 5.55. The van der Waals surface area contributed by atoms with Crippen molar-refractivity contribution in [2.24, 2.45) is 11.3 Å². The van der Waals surface area contributed by atoms with Crippen LogP contribution in [0.5, 0.6) is 0 Å². The first-order valence-electron chi connectivity index (χ1n) is 8.13. The normalized spacial score (nSPS) is 18.0. The van der Waals surface area contributed by atoms with Gasteiger partial charge in [0.25, 0.3) is 0 Å². The highest BCUT2D eigenvalue weighted by molar-refractivity contribution is 7.16. The maximum atomic E-state index is 6.03. The van der Waals surface area contributed by atoms with Crippen molar-refractivity contribution < 1.29 is 0 Å². The van der Waals surface area contributed by atoms with Crippen LogP contribution in [0.2, 0.25) is 4.34 Å². The van der Waals surface area contributed by atoms with Crippen molar-refractivity contribution >= 4 is 22.9 Å². The van der Waals surface area contributed by atoms with Crippen LogP contribution in [0.15, 0.2) is 12.1 Å². The maximum Gasteiger partial charge on any atom is 0.0931 e. The predicted octanol–water partition coefficient (Wildman–Crippen LogP) is 4.64. The number of thiophene rings is 1. The first kappa shape index (κ1) is 17.3. The van der Waals surface area contributed by atoms with Gasteiger partial charge in [0.2, 0.25) is 0 Å². The molecule has 21 heavy (non-hydrogen) atoms. The Morgan fingerprint density at radius 2 is 2.05 bits per heavy atom. The summed E-state index contributed by atoms with van der Waals surface area (Å²) in [7, 11) is 2.25. The molecule has 1 aromatic heterocycles. The van der Waals surface area contributed by atoms with Crippen LogP contribution in [-0.2, 0) is 6.54 Å². The first-order chi connectivity index (χ1) is 9.99. The van der Waals surface area contributed by atoms with Gasteiger partial charge < -0.3 is 10.2 Å². The fourth-order valence-electron chi connectivity index (χ4n) is 3.47. The van der Waals surface area contributed by atoms with E-state index in [1.807, 2.05) is 6.07 Å². The van der Waals surface area contributed by atoms with Crippen LogP contribution in [0.25, 0.3) is 0 Å². The lowest BCUT2D eigenvalue weighted by Gasteiger charge is -2.34. The number of hydrogen-bond acceptors (Lipinski definition) is 3. The van der Waals surface area contributed by atoms with Crippen molar-refractivity contribution in [2.45, 2.75) is 46.1 Å². The monoisotopic (exact) mass is 328 g/mol. The van der Waals surface area contributed by atoms with E-state index in [1.165, 1.54) is 43.6 Å². The van der Waals surface area contributed by atoms with E-state index in [4.69, 9.17) is 11.6 Å². The number of halogens is 1. The van der Waals surface area contributed by atoms with Crippen LogP contribution in [-0.4, -0.2) is 31.6 Å². The first-order valence-corrected chi connectivity index (χ1v) is 9.32. The summed E-state index contributed by atoms with van der Waals surface area (Å²) in [5.74, 6) is 0.731. The molecule has 0 saturated heterocycles. The maximum absolute atomic E-state index is 6.03. The molecule has 1 N–H and O–H groups in total. The van der Waals surface area contributed by atoms with Gasteiger partial charge in [-0.2, -0.15) is 0 Å². The molecule has 1 aliphatic carbocycles. The standard InChI is InChI=1S/C17H29ClN2S/c1-14(2)10-19-12-17(8-4-5-9-17)13-20(3)11-15-6-7-16(18)21-15/h6-7,14,19H,4-5,8-13H2,1-3H3. The van der Waals surface area contributed by atoms with Crippen LogP contribution >= 0.6 is 22.9 Å². The van der Waals surface area contributed by atoms with Crippen molar-refractivity contribution in [3.8, 4) is 0 Å². The van der Waals surface area contributed by atoms with Crippen LogP contribution in [0.3, 0.4) is 0 Å². The minimum atomic E-state index is 0.477. The Bertz CT molecular complexity index is 424. The van der Waals surface area contributed by atoms with E-state index in [0.717, 1.165) is 23.3 Å². The van der Waals surface area contributed by atoms with Crippen LogP contribution in [0.1, 0.15) is 44.4 Å². The highest BCUT2D eigenvalue weighted by Crippen LogP contribution is 2.38. The van der Waals surface area contributed by atoms with E-state index in [9.17, 15) is 0 Å². The second-order valence-electron chi connectivity index (χ2n) is 7.11. The average molecular weight is 329 g/mol. The van der Waals surface area contributed by atoms with E-state index < -0.39 is 0 Å². The van der Waals surface area contributed by atoms with Gasteiger partial charge in [-0.3, -0.25) is 0 Å². The summed E-state index contributed by atoms with van der Waals surface area (Å²) in [6, 6.07) is 4.16. The summed E-state index contributed by atoms with van der Waals surface area (Å²) < 4.78 is 0.896. The van der Waals surface area contributed by atoms with Crippen molar-refractivity contribution in [1.82, 2.24) is 10.2 Å². The van der Waals surface area contributed by atoms with Crippen LogP contribution in [0, 0.1) is 11.3 Å². The minimum absolute atomic E-state index is 0.477. The third-order valence-electron chi connectivity index (χ3n) is 4.38. The lowest BCUT2D eigenvalue weighted by Crippen LogP contribution is -2.41. The Labute approximate surface area is 138 Å². The fourth-order valence-corrected chi connectivity index (χ4v) is 4.64. The SMILES string of the molecule is CC(C)CNCC1(CN(C)Cc2ccc(Cl)s2)CCCC1. The lowest BCUT2D eigenvalue weighted by molar-refractivity contribution is 0.167. The van der Waals surface area contributed by atoms with Gasteiger partial charge in [-0.1, -0.05) is 38.3 Å². The predicted molar refractivity (Wildman–Crippen MR) is 94.3 cm³/mol. The third-order valence-corrected chi connectivity index (χ3v) is 5.59. The Hall–Kier alpha value is -0.0900. The van der Waals surface area contributed by atoms with E-state index in [-0.39, 0.29) is 0 Å². The Kier molecular flexibility index (Phi) is 6.54. The molecule has 0 amide bonds. The molecule has 0 atom stereocenters. The molecular formula is C17H29ClN2S. The quantitative estimate of drug-likeness (QED) is 0.748. The van der Waals surface area contributed by atoms with Crippen molar-refractivity contribution in [3.63, 3.8) is 0 Å². The van der Waals surface area contributed by atoms with Crippen molar-refractivity contribution in [2.75, 3.05) is 26.7 Å². The summed E-state index contributed by atoms with van der Waals surface area (Å²) in [6.07, 6.45) is 5.52. The van der Waals surface area contributed by atoms with Gasteiger partial charge in [0, 0.05) is 24.5 Å². The fraction of sp³-hybridized carbons (Fsp3) is 0.765. The Morgan fingerprint density at radius 1 is 1.33 bits per heavy atom. The average Bonchev–Trinajstić information content (AvgIpc) is 2.99. The number of hydrogen-bond donors (Lipinski definition) is 1. The van der Waals surface area contributed by atoms with Gasteiger partial charge in [0.05, 0.1) is 4.34 Å². The molecule has 2 rings (SSSR count). The molecule has 0 unspecified atom stereocenters. The molecule has 0 bridgehead atoms. The largest absolute Gasteiger partial charge is 0.316 e. The smallest absolute Gasteiger partial charge is 0.0931 e. The molecule has 2 nitrogen and oxygen atoms in total. The summed E-state index contributed by atoms with van der Waals surface area (Å²) in [5, 5.41) is 3.70. The molecule has 0 aromatic carbocycles. The van der Waals surface area contributed by atoms with Crippen LogP contribution < -0.4 is 5.32 Å². The van der Waals surface area contributed by atoms with E-state index in [0.29, 0.717) is 5.41 Å². The van der Waals surface area contributed by atoms with Crippen LogP contribution in [0.4, 0.5) is 0 Å². The van der Waals surface area contributed by atoms with Gasteiger partial charge in [-0.15, -0.1) is 11.3 Å². The molecule has 1 saturated carbocycles. The van der Waals surface area contributed by atoms with Crippen molar-refractivity contribution in [1.29, 1.82) is 0 Å². The molecule has 1 heterocycles. The zero-order valence-electron chi connectivity index (χ0n) is 13.6. The van der Waals surface area contributed by atoms with E-state index >= 15 is 0 Å². The van der Waals surface area contributed by atoms with Gasteiger partial charge in [-0.05, 0) is 49.9 Å². The molecule has 0 spiro atoms. The van der Waals surface area contributed by atoms with Gasteiger partial charge in [-0.25, -0.2) is 0 Å². The second kappa shape index (κ2) is 7.96. The number of rotatable bonds is 8. The Morgan fingerprint density at radius 3 is 2.62 bits per heavy atom. The molecule has 1 aliphatic rings. The minimum Gasteiger partial charge on any atom is -0.316 e. The molecular weight excluding hydrogens is 300 g/mol. The summed E-state index contributed by atoms with van der Waals surface area (Å²) in [6.45, 7) is 9.06. The Balaban J connectivity index is 1.86. The van der Waals surface area contributed by atoms with Gasteiger partial charge in [0.15, 0.2) is 0 Å². The molecule has 0 aliphatic heterocycles. The molecule has 1 fully saturated rings. The van der Waals surface area contributed by atoms with Gasteiger partial charge in [0.1, 0.15) is 0 Å². The lowest BCUT2D eigenvalue weighted by atomic mass is 9.85. The van der Waals surface area contributed by atoms with E-state index in [2.05, 4.69) is 37.2 Å². The van der Waals surface area contributed by atoms with Gasteiger partial charge >= 0.3 is 0 Å². The molecule has 4 heteroatoms. The summed E-state index contributed by atoms with van der Waals surface area (Å²) >= 11 is 7.73. The highest BCUT2D eigenvalue weighted by Gasteiger charge is 2.34. The zero-order chi connectivity index (χ0) is 15.3. The second-order valence-corrected chi connectivity index (χ2v) is 8.91. The molecule has 0 radical (unpaired) electrons. The van der Waals surface area contributed by atoms with E-state index in [1.54, 1.807) is 11.3 Å². The molecule has 1 aromatic rings. The summed E-state index contributed by atoms with van der Waals surface area (Å²) in [4.78, 5) is 3.84. The zero-order valence-corrected chi connectivity index (χ0v) is 15.2. The topological polar surface area (TPSA) is 15.3 Å². The number of nitrogens with one attached hydrogen (secondary N) is 1. The summed E-state index contributed by atoms with van der Waals surface area (Å²) in [5.41, 5.74) is 0.477. The van der Waals surface area contributed by atoms with Crippen molar-refractivity contribution in [3.05, 3.63) is 21.3 Å². The number of nitrogens with zero attached hydrogens (tertiary/aromatic N) is 1. The highest BCUT2D eigenvalue weighted by atomic mass is 35.5.